The van der Waals surface area contributed by atoms with Crippen LogP contribution in [0.5, 0.6) is 5.75 Å². The summed E-state index contributed by atoms with van der Waals surface area (Å²) in [5.41, 5.74) is 0.356. The maximum Gasteiger partial charge on any atom is 0.344 e. The first-order valence-corrected chi connectivity index (χ1v) is 9.08. The number of para-hydroxylation sites is 1. The van der Waals surface area contributed by atoms with Gasteiger partial charge >= 0.3 is 5.97 Å². The minimum Gasteiger partial charge on any atom is -0.489 e. The Morgan fingerprint density at radius 3 is 2.62 bits per heavy atom. The third-order valence-corrected chi connectivity index (χ3v) is 4.42. The van der Waals surface area contributed by atoms with Crippen molar-refractivity contribution in [2.24, 2.45) is 0 Å². The molecule has 0 spiro atoms. The lowest BCUT2D eigenvalue weighted by atomic mass is 10.1. The lowest BCUT2D eigenvalue weighted by molar-refractivity contribution is 0.0448. The smallest absolute Gasteiger partial charge is 0.344 e. The number of esters is 1. The van der Waals surface area contributed by atoms with Gasteiger partial charge in [0.2, 0.25) is 0 Å². The standard InChI is InChI=1S/C21H17ClFNO5/c1-12(25)14-6-3-4-9-17(14)27-10-11-28-21(26)18-13(2)29-24-20(18)19-15(22)7-5-8-16(19)23/h3-9H,10-11H2,1-2H3. The molecule has 6 nitrogen and oxygen atoms in total. The molecule has 0 bridgehead atoms. The van der Waals surface area contributed by atoms with Crippen molar-refractivity contribution < 1.29 is 28.0 Å². The predicted molar refractivity (Wildman–Crippen MR) is 104 cm³/mol. The number of hydrogen-bond acceptors (Lipinski definition) is 6. The topological polar surface area (TPSA) is 78.6 Å². The summed E-state index contributed by atoms with van der Waals surface area (Å²) in [7, 11) is 0. The van der Waals surface area contributed by atoms with Crippen molar-refractivity contribution in [3.8, 4) is 17.0 Å². The molecule has 0 saturated heterocycles. The van der Waals surface area contributed by atoms with E-state index in [-0.39, 0.29) is 46.6 Å². The van der Waals surface area contributed by atoms with Crippen LogP contribution >= 0.6 is 11.6 Å². The number of halogens is 2. The molecule has 2 aromatic carbocycles. The molecule has 0 aliphatic carbocycles. The lowest BCUT2D eigenvalue weighted by Crippen LogP contribution is -2.14. The second-order valence-electron chi connectivity index (χ2n) is 6.10. The third-order valence-electron chi connectivity index (χ3n) is 4.11. The zero-order valence-corrected chi connectivity index (χ0v) is 16.5. The molecule has 8 heteroatoms. The Hall–Kier alpha value is -3.19. The van der Waals surface area contributed by atoms with Gasteiger partial charge < -0.3 is 14.0 Å². The van der Waals surface area contributed by atoms with Crippen molar-refractivity contribution in [1.29, 1.82) is 0 Å². The molecule has 0 aliphatic heterocycles. The molecule has 0 unspecified atom stereocenters. The summed E-state index contributed by atoms with van der Waals surface area (Å²) in [6.45, 7) is 2.88. The maximum atomic E-state index is 14.2. The molecular formula is C21H17ClFNO5. The van der Waals surface area contributed by atoms with E-state index in [0.717, 1.165) is 0 Å². The first kappa shape index (κ1) is 20.5. The Labute approximate surface area is 171 Å². The predicted octanol–water partition coefficient (Wildman–Crippen LogP) is 4.88. The van der Waals surface area contributed by atoms with Gasteiger partial charge in [0.15, 0.2) is 5.78 Å². The van der Waals surface area contributed by atoms with Crippen LogP contribution in [0.2, 0.25) is 5.02 Å². The van der Waals surface area contributed by atoms with Crippen molar-refractivity contribution in [3.05, 3.63) is 70.2 Å². The average molecular weight is 418 g/mol. The van der Waals surface area contributed by atoms with Crippen LogP contribution in [0, 0.1) is 12.7 Å². The fourth-order valence-electron chi connectivity index (χ4n) is 2.75. The molecule has 29 heavy (non-hydrogen) atoms. The fraction of sp³-hybridized carbons (Fsp3) is 0.190. The van der Waals surface area contributed by atoms with Gasteiger partial charge in [0.05, 0.1) is 16.1 Å². The molecule has 3 aromatic rings. The van der Waals surface area contributed by atoms with E-state index in [1.54, 1.807) is 24.3 Å². The fourth-order valence-corrected chi connectivity index (χ4v) is 3.00. The van der Waals surface area contributed by atoms with Crippen LogP contribution in [-0.2, 0) is 4.74 Å². The van der Waals surface area contributed by atoms with E-state index >= 15 is 0 Å². The molecular weight excluding hydrogens is 401 g/mol. The molecule has 0 N–H and O–H groups in total. The number of carbonyl (C=O) groups is 2. The first-order valence-electron chi connectivity index (χ1n) is 8.70. The number of ketones is 1. The summed E-state index contributed by atoms with van der Waals surface area (Å²) < 4.78 is 30.0. The van der Waals surface area contributed by atoms with Crippen molar-refractivity contribution in [2.75, 3.05) is 13.2 Å². The van der Waals surface area contributed by atoms with Gasteiger partial charge in [0.25, 0.3) is 0 Å². The Bertz CT molecular complexity index is 1040. The second kappa shape index (κ2) is 8.87. The highest BCUT2D eigenvalue weighted by atomic mass is 35.5. The normalized spacial score (nSPS) is 10.6. The summed E-state index contributed by atoms with van der Waals surface area (Å²) in [4.78, 5) is 24.1. The molecule has 0 aliphatic rings. The van der Waals surface area contributed by atoms with E-state index in [4.69, 9.17) is 25.6 Å². The highest BCUT2D eigenvalue weighted by Crippen LogP contribution is 2.33. The highest BCUT2D eigenvalue weighted by Gasteiger charge is 2.26. The van der Waals surface area contributed by atoms with Gasteiger partial charge in [-0.05, 0) is 38.1 Å². The number of carbonyl (C=O) groups excluding carboxylic acids is 2. The molecule has 3 rings (SSSR count). The van der Waals surface area contributed by atoms with Crippen LogP contribution < -0.4 is 4.74 Å². The summed E-state index contributed by atoms with van der Waals surface area (Å²) >= 11 is 6.06. The quantitative estimate of drug-likeness (QED) is 0.309. The first-order chi connectivity index (χ1) is 13.9. The number of ether oxygens (including phenoxy) is 2. The van der Waals surface area contributed by atoms with Gasteiger partial charge in [0.1, 0.15) is 41.8 Å². The Morgan fingerprint density at radius 1 is 1.14 bits per heavy atom. The Morgan fingerprint density at radius 2 is 1.90 bits per heavy atom. The minimum absolute atomic E-state index is 0.0128. The number of aryl methyl sites for hydroxylation is 1. The zero-order valence-electron chi connectivity index (χ0n) is 15.7. The average Bonchev–Trinajstić information content (AvgIpc) is 3.06. The van der Waals surface area contributed by atoms with Gasteiger partial charge in [-0.15, -0.1) is 0 Å². The number of nitrogens with zero attached hydrogens (tertiary/aromatic N) is 1. The van der Waals surface area contributed by atoms with Crippen LogP contribution in [-0.4, -0.2) is 30.1 Å². The Kier molecular flexibility index (Phi) is 6.29. The molecule has 0 atom stereocenters. The van der Waals surface area contributed by atoms with E-state index in [1.807, 2.05) is 0 Å². The van der Waals surface area contributed by atoms with Gasteiger partial charge in [0, 0.05) is 0 Å². The number of hydrogen-bond donors (Lipinski definition) is 0. The van der Waals surface area contributed by atoms with Crippen molar-refractivity contribution in [1.82, 2.24) is 5.16 Å². The molecule has 0 radical (unpaired) electrons. The molecule has 150 valence electrons. The van der Waals surface area contributed by atoms with Gasteiger partial charge in [-0.1, -0.05) is 35.0 Å². The monoisotopic (exact) mass is 417 g/mol. The van der Waals surface area contributed by atoms with E-state index in [9.17, 15) is 14.0 Å². The number of Topliss-reactive ketones (excluding diaryl/α,β-unsaturated/α-hetero) is 1. The zero-order chi connectivity index (χ0) is 21.0. The van der Waals surface area contributed by atoms with E-state index in [2.05, 4.69) is 5.16 Å². The van der Waals surface area contributed by atoms with Crippen molar-refractivity contribution in [3.63, 3.8) is 0 Å². The third kappa shape index (κ3) is 4.46. The second-order valence-corrected chi connectivity index (χ2v) is 6.50. The molecule has 1 heterocycles. The number of benzene rings is 2. The molecule has 0 fully saturated rings. The summed E-state index contributed by atoms with van der Waals surface area (Å²) in [5.74, 6) is -0.946. The van der Waals surface area contributed by atoms with Crippen molar-refractivity contribution in [2.45, 2.75) is 13.8 Å². The lowest BCUT2D eigenvalue weighted by Gasteiger charge is -2.10. The van der Waals surface area contributed by atoms with Gasteiger partial charge in [-0.25, -0.2) is 9.18 Å². The van der Waals surface area contributed by atoms with Gasteiger partial charge in [-0.2, -0.15) is 0 Å². The molecule has 0 amide bonds. The molecule has 1 aromatic heterocycles. The van der Waals surface area contributed by atoms with E-state index < -0.39 is 11.8 Å². The maximum absolute atomic E-state index is 14.2. The summed E-state index contributed by atoms with van der Waals surface area (Å²) in [6.07, 6.45) is 0. The molecule has 0 saturated carbocycles. The van der Waals surface area contributed by atoms with Gasteiger partial charge in [-0.3, -0.25) is 4.79 Å². The van der Waals surface area contributed by atoms with Crippen molar-refractivity contribution >= 4 is 23.4 Å². The summed E-state index contributed by atoms with van der Waals surface area (Å²) in [5, 5.41) is 3.86. The van der Waals surface area contributed by atoms with E-state index in [1.165, 1.54) is 32.0 Å². The van der Waals surface area contributed by atoms with Crippen LogP contribution in [0.4, 0.5) is 4.39 Å². The highest BCUT2D eigenvalue weighted by molar-refractivity contribution is 6.33. The van der Waals surface area contributed by atoms with E-state index in [0.29, 0.717) is 11.3 Å². The Balaban J connectivity index is 1.70. The number of aromatic nitrogens is 1. The summed E-state index contributed by atoms with van der Waals surface area (Å²) in [6, 6.07) is 10.9. The van der Waals surface area contributed by atoms with Crippen LogP contribution in [0.3, 0.4) is 0 Å². The van der Waals surface area contributed by atoms with Crippen LogP contribution in [0.15, 0.2) is 47.0 Å². The number of rotatable bonds is 7. The van der Waals surface area contributed by atoms with Crippen LogP contribution in [0.1, 0.15) is 33.4 Å². The minimum atomic E-state index is -0.749. The van der Waals surface area contributed by atoms with Crippen LogP contribution in [0.25, 0.3) is 11.3 Å². The SMILES string of the molecule is CC(=O)c1ccccc1OCCOC(=O)c1c(-c2c(F)cccc2Cl)noc1C. The largest absolute Gasteiger partial charge is 0.489 e.